The maximum absolute atomic E-state index is 12.1. The smallest absolute Gasteiger partial charge is 0.220 e. The van der Waals surface area contributed by atoms with Crippen LogP contribution in [0, 0.1) is 0 Å². The molecule has 0 aliphatic rings. The molecule has 2 aromatic carbocycles. The summed E-state index contributed by atoms with van der Waals surface area (Å²) in [7, 11) is 3.61. The molecule has 0 aliphatic carbocycles. The standard InChI is InChI=1S/C22H24N2O3/c1-24-15-17(19-7-3-4-8-20(19)24)6-5-9-22(26)23-14-21(25)16-10-12-18(27-2)13-11-16/h3-4,7-8,10-13,15H,5-6,9,14H2,1-2H3,(H,23,26). The quantitative estimate of drug-likeness (QED) is 0.622. The monoisotopic (exact) mass is 364 g/mol. The minimum absolute atomic E-state index is 0.0133. The highest BCUT2D eigenvalue weighted by Crippen LogP contribution is 2.21. The molecular weight excluding hydrogens is 340 g/mol. The van der Waals surface area contributed by atoms with Crippen LogP contribution in [-0.2, 0) is 18.3 Å². The van der Waals surface area contributed by atoms with Crippen LogP contribution in [0.1, 0.15) is 28.8 Å². The molecule has 27 heavy (non-hydrogen) atoms. The summed E-state index contributed by atoms with van der Waals surface area (Å²) in [5.74, 6) is 0.487. The third-order valence-electron chi connectivity index (χ3n) is 4.69. The molecule has 1 aromatic heterocycles. The van der Waals surface area contributed by atoms with E-state index in [1.807, 2.05) is 19.2 Å². The van der Waals surface area contributed by atoms with Gasteiger partial charge in [-0.05, 0) is 48.7 Å². The second-order valence-corrected chi connectivity index (χ2v) is 6.56. The molecule has 5 heteroatoms. The van der Waals surface area contributed by atoms with Crippen LogP contribution in [0.25, 0.3) is 10.9 Å². The van der Waals surface area contributed by atoms with Crippen molar-refractivity contribution in [3.63, 3.8) is 0 Å². The summed E-state index contributed by atoms with van der Waals surface area (Å²) < 4.78 is 7.18. The van der Waals surface area contributed by atoms with Gasteiger partial charge in [-0.3, -0.25) is 9.59 Å². The van der Waals surface area contributed by atoms with Crippen molar-refractivity contribution >= 4 is 22.6 Å². The molecule has 5 nitrogen and oxygen atoms in total. The van der Waals surface area contributed by atoms with Crippen LogP contribution in [0.4, 0.5) is 0 Å². The molecule has 1 N–H and O–H groups in total. The summed E-state index contributed by atoms with van der Waals surface area (Å²) >= 11 is 0. The van der Waals surface area contributed by atoms with Crippen LogP contribution in [0.5, 0.6) is 5.75 Å². The first-order valence-corrected chi connectivity index (χ1v) is 9.05. The van der Waals surface area contributed by atoms with E-state index in [-0.39, 0.29) is 18.2 Å². The van der Waals surface area contributed by atoms with Gasteiger partial charge in [-0.25, -0.2) is 0 Å². The second kappa shape index (κ2) is 8.54. The summed E-state index contributed by atoms with van der Waals surface area (Å²) in [6.45, 7) is 0.0133. The van der Waals surface area contributed by atoms with E-state index in [2.05, 4.69) is 28.2 Å². The number of aromatic nitrogens is 1. The Morgan fingerprint density at radius 3 is 2.56 bits per heavy atom. The molecule has 0 saturated heterocycles. The number of Topliss-reactive ketones (excluding diaryl/α,β-unsaturated/α-hetero) is 1. The van der Waals surface area contributed by atoms with E-state index in [4.69, 9.17) is 4.74 Å². The van der Waals surface area contributed by atoms with Gasteiger partial charge >= 0.3 is 0 Å². The Kier molecular flexibility index (Phi) is 5.91. The van der Waals surface area contributed by atoms with Gasteiger partial charge in [-0.2, -0.15) is 0 Å². The third-order valence-corrected chi connectivity index (χ3v) is 4.69. The first-order chi connectivity index (χ1) is 13.1. The molecule has 0 aliphatic heterocycles. The van der Waals surface area contributed by atoms with Crippen molar-refractivity contribution in [2.75, 3.05) is 13.7 Å². The maximum atomic E-state index is 12.1. The third kappa shape index (κ3) is 4.56. The van der Waals surface area contributed by atoms with Gasteiger partial charge in [-0.15, -0.1) is 0 Å². The molecule has 1 amide bonds. The zero-order valence-electron chi connectivity index (χ0n) is 15.7. The number of carbonyl (C=O) groups is 2. The van der Waals surface area contributed by atoms with Crippen molar-refractivity contribution in [2.45, 2.75) is 19.3 Å². The molecule has 0 radical (unpaired) electrons. The highest BCUT2D eigenvalue weighted by molar-refractivity contribution is 5.99. The van der Waals surface area contributed by atoms with Gasteiger partial charge in [0.25, 0.3) is 0 Å². The van der Waals surface area contributed by atoms with E-state index < -0.39 is 0 Å². The minimum Gasteiger partial charge on any atom is -0.497 e. The molecule has 0 atom stereocenters. The highest BCUT2D eigenvalue weighted by Gasteiger charge is 2.10. The predicted molar refractivity (Wildman–Crippen MR) is 106 cm³/mol. The number of aryl methyl sites for hydroxylation is 2. The lowest BCUT2D eigenvalue weighted by molar-refractivity contribution is -0.121. The molecule has 0 spiro atoms. The Morgan fingerprint density at radius 2 is 1.81 bits per heavy atom. The number of hydrogen-bond donors (Lipinski definition) is 1. The van der Waals surface area contributed by atoms with Crippen LogP contribution in [0.2, 0.25) is 0 Å². The van der Waals surface area contributed by atoms with E-state index in [0.717, 1.165) is 12.8 Å². The fraction of sp³-hybridized carbons (Fsp3) is 0.273. The van der Waals surface area contributed by atoms with Crippen molar-refractivity contribution in [1.29, 1.82) is 0 Å². The van der Waals surface area contributed by atoms with E-state index in [1.165, 1.54) is 16.5 Å². The first kappa shape index (κ1) is 18.7. The van der Waals surface area contributed by atoms with E-state index in [0.29, 0.717) is 17.7 Å². The summed E-state index contributed by atoms with van der Waals surface area (Å²) in [4.78, 5) is 24.2. The zero-order valence-corrected chi connectivity index (χ0v) is 15.7. The second-order valence-electron chi connectivity index (χ2n) is 6.56. The number of benzene rings is 2. The summed E-state index contributed by atoms with van der Waals surface area (Å²) in [6.07, 6.45) is 4.10. The van der Waals surface area contributed by atoms with Crippen molar-refractivity contribution < 1.29 is 14.3 Å². The average Bonchev–Trinajstić information content (AvgIpc) is 3.02. The number of ether oxygens (including phenoxy) is 1. The summed E-state index contributed by atoms with van der Waals surface area (Å²) in [6, 6.07) is 15.1. The fourth-order valence-corrected chi connectivity index (χ4v) is 3.21. The first-order valence-electron chi connectivity index (χ1n) is 9.05. The van der Waals surface area contributed by atoms with Gasteiger partial charge < -0.3 is 14.6 Å². The summed E-state index contributed by atoms with van der Waals surface area (Å²) in [5, 5.41) is 3.94. The lowest BCUT2D eigenvalue weighted by atomic mass is 10.1. The molecule has 3 rings (SSSR count). The number of amides is 1. The Morgan fingerprint density at radius 1 is 1.07 bits per heavy atom. The maximum Gasteiger partial charge on any atom is 0.220 e. The molecule has 3 aromatic rings. The SMILES string of the molecule is COc1ccc(C(=O)CNC(=O)CCCc2cn(C)c3ccccc23)cc1. The fourth-order valence-electron chi connectivity index (χ4n) is 3.21. The lowest BCUT2D eigenvalue weighted by Gasteiger charge is -2.06. The predicted octanol–water partition coefficient (Wildman–Crippen LogP) is 3.51. The number of ketones is 1. The van der Waals surface area contributed by atoms with Gasteiger partial charge in [0.1, 0.15) is 5.75 Å². The zero-order chi connectivity index (χ0) is 19.2. The number of para-hydroxylation sites is 1. The van der Waals surface area contributed by atoms with Crippen molar-refractivity contribution in [3.05, 3.63) is 65.9 Å². The van der Waals surface area contributed by atoms with Crippen molar-refractivity contribution in [1.82, 2.24) is 9.88 Å². The van der Waals surface area contributed by atoms with Crippen LogP contribution in [0.3, 0.4) is 0 Å². The van der Waals surface area contributed by atoms with Gasteiger partial charge in [0.2, 0.25) is 5.91 Å². The molecule has 140 valence electrons. The highest BCUT2D eigenvalue weighted by atomic mass is 16.5. The van der Waals surface area contributed by atoms with Crippen LogP contribution in [0.15, 0.2) is 54.7 Å². The molecule has 0 fully saturated rings. The normalized spacial score (nSPS) is 10.7. The van der Waals surface area contributed by atoms with Crippen molar-refractivity contribution in [2.24, 2.45) is 7.05 Å². The van der Waals surface area contributed by atoms with Gasteiger partial charge in [0.15, 0.2) is 5.78 Å². The number of hydrogen-bond acceptors (Lipinski definition) is 3. The lowest BCUT2D eigenvalue weighted by Crippen LogP contribution is -2.29. The number of fused-ring (bicyclic) bond motifs is 1. The Bertz CT molecular complexity index is 942. The minimum atomic E-state index is -0.111. The molecule has 0 saturated carbocycles. The topological polar surface area (TPSA) is 60.3 Å². The van der Waals surface area contributed by atoms with Gasteiger partial charge in [0, 0.05) is 36.1 Å². The Hall–Kier alpha value is -3.08. The van der Waals surface area contributed by atoms with Crippen LogP contribution >= 0.6 is 0 Å². The summed E-state index contributed by atoms with van der Waals surface area (Å²) in [5.41, 5.74) is 3.00. The van der Waals surface area contributed by atoms with E-state index in [1.54, 1.807) is 31.4 Å². The number of carbonyl (C=O) groups excluding carboxylic acids is 2. The largest absolute Gasteiger partial charge is 0.497 e. The number of nitrogens with one attached hydrogen (secondary N) is 1. The number of rotatable bonds is 8. The molecular formula is C22H24N2O3. The molecule has 0 bridgehead atoms. The van der Waals surface area contributed by atoms with Gasteiger partial charge in [0.05, 0.1) is 13.7 Å². The molecule has 0 unspecified atom stereocenters. The van der Waals surface area contributed by atoms with Crippen LogP contribution in [-0.4, -0.2) is 29.9 Å². The Labute approximate surface area is 158 Å². The van der Waals surface area contributed by atoms with Gasteiger partial charge in [-0.1, -0.05) is 18.2 Å². The number of nitrogens with zero attached hydrogens (tertiary/aromatic N) is 1. The number of methoxy groups -OCH3 is 1. The van der Waals surface area contributed by atoms with E-state index in [9.17, 15) is 9.59 Å². The van der Waals surface area contributed by atoms with Crippen molar-refractivity contribution in [3.8, 4) is 5.75 Å². The molecule has 1 heterocycles. The van der Waals surface area contributed by atoms with Crippen LogP contribution < -0.4 is 10.1 Å². The average molecular weight is 364 g/mol. The van der Waals surface area contributed by atoms with E-state index >= 15 is 0 Å². The Balaban J connectivity index is 1.46.